The summed E-state index contributed by atoms with van der Waals surface area (Å²) in [6, 6.07) is 3.10. The second-order valence-corrected chi connectivity index (χ2v) is 17.9. The minimum absolute atomic E-state index is 0.0641. The van der Waals surface area contributed by atoms with Crippen molar-refractivity contribution in [3.63, 3.8) is 0 Å². The summed E-state index contributed by atoms with van der Waals surface area (Å²) in [5, 5.41) is 5.48. The van der Waals surface area contributed by atoms with Gasteiger partial charge in [-0.1, -0.05) is 19.6 Å². The van der Waals surface area contributed by atoms with Crippen LogP contribution in [0.5, 0.6) is 0 Å². The highest BCUT2D eigenvalue weighted by Crippen LogP contribution is 2.35. The summed E-state index contributed by atoms with van der Waals surface area (Å²) in [7, 11) is -4.42. The maximum absolute atomic E-state index is 12.3. The third-order valence-corrected chi connectivity index (χ3v) is 9.72. The molecule has 0 bridgehead atoms. The van der Waals surface area contributed by atoms with Crippen LogP contribution in [0.2, 0.25) is 25.7 Å². The van der Waals surface area contributed by atoms with E-state index in [2.05, 4.69) is 46.4 Å². The first-order chi connectivity index (χ1) is 16.6. The molecular weight excluding hydrogens is 482 g/mol. The molecule has 0 atom stereocenters. The van der Waals surface area contributed by atoms with E-state index in [-0.39, 0.29) is 5.75 Å². The Morgan fingerprint density at radius 2 is 2.06 bits per heavy atom. The normalized spacial score (nSPS) is 16.7. The lowest BCUT2D eigenvalue weighted by Gasteiger charge is -2.47. The quantitative estimate of drug-likeness (QED) is 0.221. The number of rotatable bonds is 11. The number of fused-ring (bicyclic) bond motifs is 1. The highest BCUT2D eigenvalue weighted by molar-refractivity contribution is 7.89. The Kier molecular flexibility index (Phi) is 7.09. The average molecular weight is 516 g/mol. The van der Waals surface area contributed by atoms with Crippen LogP contribution in [-0.4, -0.2) is 77.3 Å². The number of nitrogens with zero attached hydrogens (tertiary/aromatic N) is 7. The molecule has 0 spiro atoms. The van der Waals surface area contributed by atoms with Gasteiger partial charge in [0.25, 0.3) is 0 Å². The van der Waals surface area contributed by atoms with E-state index < -0.39 is 23.6 Å². The molecule has 4 heterocycles. The van der Waals surface area contributed by atoms with Crippen molar-refractivity contribution in [2.45, 2.75) is 44.9 Å². The van der Waals surface area contributed by atoms with Crippen molar-refractivity contribution in [2.75, 3.05) is 25.4 Å². The molecule has 0 aromatic carbocycles. The summed E-state index contributed by atoms with van der Waals surface area (Å²) >= 11 is 0. The van der Waals surface area contributed by atoms with Crippen LogP contribution in [0.25, 0.3) is 22.3 Å². The minimum Gasteiger partial charge on any atom is -0.361 e. The molecule has 1 saturated heterocycles. The van der Waals surface area contributed by atoms with Crippen molar-refractivity contribution in [1.82, 2.24) is 28.6 Å². The Labute approximate surface area is 207 Å². The predicted molar refractivity (Wildman–Crippen MR) is 141 cm³/mol. The largest absolute Gasteiger partial charge is 0.361 e. The Hall–Kier alpha value is -2.67. The number of hydrogen-bond acceptors (Lipinski definition) is 7. The number of hydrogen-bond donors (Lipinski definition) is 0. The van der Waals surface area contributed by atoms with Crippen molar-refractivity contribution in [3.8, 4) is 11.3 Å². The topological polar surface area (TPSA) is 108 Å². The fraction of sp³-hybridized carbons (Fsp3) is 0.478. The van der Waals surface area contributed by atoms with Crippen LogP contribution in [-0.2, 0) is 27.0 Å². The van der Waals surface area contributed by atoms with Gasteiger partial charge in [0.2, 0.25) is 10.0 Å². The third-order valence-electron chi connectivity index (χ3n) is 6.24. The van der Waals surface area contributed by atoms with Gasteiger partial charge in [-0.3, -0.25) is 9.67 Å². The minimum atomic E-state index is -3.28. The lowest BCUT2D eigenvalue weighted by Crippen LogP contribution is -2.63. The summed E-state index contributed by atoms with van der Waals surface area (Å²) in [5.74, 6) is 0.0641. The predicted octanol–water partition coefficient (Wildman–Crippen LogP) is 3.18. The van der Waals surface area contributed by atoms with E-state index >= 15 is 0 Å². The molecule has 1 fully saturated rings. The monoisotopic (exact) mass is 515 g/mol. The molecule has 1 aliphatic heterocycles. The molecular formula is C23H33N7O3SSi. The third kappa shape index (κ3) is 5.30. The standard InChI is InChI=1S/C23H33N7O3SSi/c1-6-34(31,32)29-15-23(16-29,8-9-24-2)30-14-19(13-27-30)21-20-7-10-28(22(20)26-17-25-21)18-33-11-12-35(3,4)5/h7-10,13-14,17H,2,6,11-12,15-16,18H2,1,3-5H3. The Morgan fingerprint density at radius 3 is 2.74 bits per heavy atom. The summed E-state index contributed by atoms with van der Waals surface area (Å²) in [5.41, 5.74) is 1.76. The second kappa shape index (κ2) is 9.76. The van der Waals surface area contributed by atoms with E-state index in [9.17, 15) is 8.42 Å². The molecule has 10 nitrogen and oxygen atoms in total. The van der Waals surface area contributed by atoms with Crippen molar-refractivity contribution < 1.29 is 13.2 Å². The molecule has 0 aliphatic carbocycles. The van der Waals surface area contributed by atoms with Crippen LogP contribution < -0.4 is 0 Å². The zero-order valence-electron chi connectivity index (χ0n) is 20.8. The molecule has 0 saturated carbocycles. The molecule has 1 aliphatic rings. The van der Waals surface area contributed by atoms with E-state index in [1.54, 1.807) is 30.3 Å². The number of aromatic nitrogens is 5. The summed E-state index contributed by atoms with van der Waals surface area (Å²) < 4.78 is 35.7. The van der Waals surface area contributed by atoms with Crippen molar-refractivity contribution >= 4 is 35.8 Å². The van der Waals surface area contributed by atoms with Gasteiger partial charge in [-0.15, -0.1) is 0 Å². The molecule has 3 aromatic rings. The molecule has 188 valence electrons. The van der Waals surface area contributed by atoms with E-state index in [4.69, 9.17) is 4.74 Å². The van der Waals surface area contributed by atoms with Crippen LogP contribution in [0.3, 0.4) is 0 Å². The first-order valence-corrected chi connectivity index (χ1v) is 16.9. The lowest BCUT2D eigenvalue weighted by molar-refractivity contribution is 0.0899. The summed E-state index contributed by atoms with van der Waals surface area (Å²) in [4.78, 5) is 12.8. The van der Waals surface area contributed by atoms with Crippen LogP contribution in [0.1, 0.15) is 6.92 Å². The van der Waals surface area contributed by atoms with Crippen LogP contribution in [0, 0.1) is 0 Å². The van der Waals surface area contributed by atoms with E-state index in [1.165, 1.54) is 4.31 Å². The highest BCUT2D eigenvalue weighted by Gasteiger charge is 2.48. The van der Waals surface area contributed by atoms with Gasteiger partial charge in [-0.25, -0.2) is 18.4 Å². The van der Waals surface area contributed by atoms with E-state index in [1.807, 2.05) is 29.1 Å². The zero-order valence-corrected chi connectivity index (χ0v) is 22.6. The summed E-state index contributed by atoms with van der Waals surface area (Å²) in [6.07, 6.45) is 10.6. The fourth-order valence-electron chi connectivity index (χ4n) is 4.03. The average Bonchev–Trinajstić information content (AvgIpc) is 3.43. The van der Waals surface area contributed by atoms with E-state index in [0.717, 1.165) is 34.9 Å². The highest BCUT2D eigenvalue weighted by atomic mass is 32.2. The van der Waals surface area contributed by atoms with Crippen LogP contribution in [0.15, 0.2) is 48.3 Å². The van der Waals surface area contributed by atoms with Gasteiger partial charge in [0, 0.05) is 57.3 Å². The number of ether oxygens (including phenoxy) is 1. The van der Waals surface area contributed by atoms with Crippen LogP contribution in [0.4, 0.5) is 0 Å². The maximum atomic E-state index is 12.3. The molecule has 0 amide bonds. The van der Waals surface area contributed by atoms with Gasteiger partial charge in [-0.2, -0.15) is 9.40 Å². The second-order valence-electron chi connectivity index (χ2n) is 10.0. The Balaban J connectivity index is 1.57. The van der Waals surface area contributed by atoms with E-state index in [0.29, 0.717) is 19.8 Å². The van der Waals surface area contributed by atoms with Gasteiger partial charge < -0.3 is 9.30 Å². The Bertz CT molecular complexity index is 1330. The van der Waals surface area contributed by atoms with Gasteiger partial charge in [0.15, 0.2) is 0 Å². The molecule has 3 aromatic heterocycles. The molecule has 4 rings (SSSR count). The van der Waals surface area contributed by atoms with Gasteiger partial charge >= 0.3 is 0 Å². The van der Waals surface area contributed by atoms with Gasteiger partial charge in [-0.05, 0) is 31.8 Å². The van der Waals surface area contributed by atoms with Crippen molar-refractivity contribution in [1.29, 1.82) is 0 Å². The first kappa shape index (κ1) is 25.4. The van der Waals surface area contributed by atoms with Crippen molar-refractivity contribution in [2.24, 2.45) is 4.99 Å². The number of aliphatic imine (C=N–C) groups is 1. The molecule has 0 unspecified atom stereocenters. The van der Waals surface area contributed by atoms with Crippen LogP contribution >= 0.6 is 0 Å². The molecule has 0 N–H and O–H groups in total. The number of sulfonamides is 1. The van der Waals surface area contributed by atoms with Gasteiger partial charge in [0.05, 0.1) is 17.6 Å². The summed E-state index contributed by atoms with van der Waals surface area (Å²) in [6.45, 7) is 13.9. The first-order valence-electron chi connectivity index (χ1n) is 11.6. The smallest absolute Gasteiger partial charge is 0.214 e. The van der Waals surface area contributed by atoms with Crippen molar-refractivity contribution in [3.05, 3.63) is 43.3 Å². The maximum Gasteiger partial charge on any atom is 0.214 e. The fourth-order valence-corrected chi connectivity index (χ4v) is 5.99. The lowest BCUT2D eigenvalue weighted by atomic mass is 9.92. The van der Waals surface area contributed by atoms with Gasteiger partial charge in [0.1, 0.15) is 24.2 Å². The zero-order chi connectivity index (χ0) is 25.3. The Morgan fingerprint density at radius 1 is 1.29 bits per heavy atom. The molecule has 0 radical (unpaired) electrons. The SMILES string of the molecule is C=NC=CC1(n2cc(-c3ncnc4c3ccn4COCC[Si](C)(C)C)cn2)CN(S(=O)(=O)CC)C1. The molecule has 35 heavy (non-hydrogen) atoms. The molecule has 12 heteroatoms.